The maximum Gasteiger partial charge on any atom is 0.191 e. The summed E-state index contributed by atoms with van der Waals surface area (Å²) in [6, 6.07) is 15.3. The lowest BCUT2D eigenvalue weighted by Crippen LogP contribution is -2.37. The van der Waals surface area contributed by atoms with Crippen LogP contribution >= 0.6 is 0 Å². The van der Waals surface area contributed by atoms with Crippen LogP contribution in [0.2, 0.25) is 0 Å². The molecule has 0 fully saturated rings. The minimum absolute atomic E-state index is 0.313. The summed E-state index contributed by atoms with van der Waals surface area (Å²) >= 11 is 0. The third kappa shape index (κ3) is 4.12. The van der Waals surface area contributed by atoms with Crippen LogP contribution in [-0.2, 0) is 13.0 Å². The first-order valence-corrected chi connectivity index (χ1v) is 12.4. The van der Waals surface area contributed by atoms with Gasteiger partial charge in [-0.1, -0.05) is 24.3 Å². The molecule has 1 aliphatic carbocycles. The number of hydrogen-bond donors (Lipinski definition) is 3. The molecular weight excluding hydrogens is 422 g/mol. The minimum Gasteiger partial charge on any atom is -0.356 e. The lowest BCUT2D eigenvalue weighted by molar-refractivity contribution is 0.163. The van der Waals surface area contributed by atoms with E-state index < -0.39 is 0 Å². The second-order valence-electron chi connectivity index (χ2n) is 9.21. The zero-order chi connectivity index (χ0) is 22.7. The average molecular weight is 454 g/mol. The van der Waals surface area contributed by atoms with Gasteiger partial charge in [-0.05, 0) is 49.4 Å². The molecule has 6 rings (SSSR count). The Hall–Kier alpha value is -3.45. The highest BCUT2D eigenvalue weighted by atomic mass is 15.2. The summed E-state index contributed by atoms with van der Waals surface area (Å²) in [7, 11) is 0. The zero-order valence-corrected chi connectivity index (χ0v) is 19.4. The van der Waals surface area contributed by atoms with E-state index in [0.29, 0.717) is 6.04 Å². The normalized spacial score (nSPS) is 17.7. The number of pyridine rings is 2. The molecule has 7 nitrogen and oxygen atoms in total. The van der Waals surface area contributed by atoms with E-state index in [1.54, 1.807) is 0 Å². The van der Waals surface area contributed by atoms with Gasteiger partial charge < -0.3 is 15.6 Å². The zero-order valence-electron chi connectivity index (χ0n) is 19.4. The molecule has 0 saturated heterocycles. The number of rotatable bonds is 7. The van der Waals surface area contributed by atoms with Gasteiger partial charge in [0.15, 0.2) is 5.96 Å². The van der Waals surface area contributed by atoms with Crippen molar-refractivity contribution in [3.05, 3.63) is 71.8 Å². The Morgan fingerprint density at radius 2 is 2.00 bits per heavy atom. The molecule has 1 aromatic carbocycles. The van der Waals surface area contributed by atoms with Crippen molar-refractivity contribution in [2.45, 2.75) is 38.3 Å². The fourth-order valence-corrected chi connectivity index (χ4v) is 5.43. The number of aliphatic imine (C=N–C) groups is 1. The summed E-state index contributed by atoms with van der Waals surface area (Å²) in [4.78, 5) is 20.4. The number of nitrogens with zero attached hydrogens (tertiary/aromatic N) is 4. The monoisotopic (exact) mass is 453 g/mol. The van der Waals surface area contributed by atoms with Crippen molar-refractivity contribution in [3.63, 3.8) is 0 Å². The van der Waals surface area contributed by atoms with Crippen LogP contribution in [0.1, 0.15) is 42.3 Å². The molecule has 1 atom stereocenters. The molecule has 3 aromatic heterocycles. The molecule has 4 heterocycles. The molecule has 0 amide bonds. The molecular formula is C27H31N7. The van der Waals surface area contributed by atoms with Gasteiger partial charge in [0, 0.05) is 54.9 Å². The number of nitrogens with one attached hydrogen (secondary N) is 3. The number of aromatic amines is 1. The fourth-order valence-electron chi connectivity index (χ4n) is 5.43. The summed E-state index contributed by atoms with van der Waals surface area (Å²) in [6.07, 6.45) is 8.38. The molecule has 0 bridgehead atoms. The number of H-pyrrole nitrogens is 1. The molecule has 1 aliphatic heterocycles. The first-order chi connectivity index (χ1) is 16.9. The van der Waals surface area contributed by atoms with Gasteiger partial charge in [-0.2, -0.15) is 0 Å². The molecule has 1 unspecified atom stereocenters. The van der Waals surface area contributed by atoms with Crippen molar-refractivity contribution >= 4 is 27.8 Å². The number of guanidine groups is 1. The van der Waals surface area contributed by atoms with Crippen molar-refractivity contribution in [1.29, 1.82) is 0 Å². The van der Waals surface area contributed by atoms with Crippen molar-refractivity contribution in [2.24, 2.45) is 4.99 Å². The second kappa shape index (κ2) is 9.43. The highest BCUT2D eigenvalue weighted by Gasteiger charge is 2.28. The van der Waals surface area contributed by atoms with Gasteiger partial charge in [-0.25, -0.2) is 0 Å². The van der Waals surface area contributed by atoms with E-state index in [-0.39, 0.29) is 0 Å². The molecule has 3 N–H and O–H groups in total. The van der Waals surface area contributed by atoms with Crippen molar-refractivity contribution in [3.8, 4) is 0 Å². The maximum atomic E-state index is 4.85. The third-order valence-corrected chi connectivity index (χ3v) is 7.05. The fraction of sp³-hybridized carbons (Fsp3) is 0.370. The topological polar surface area (TPSA) is 81.2 Å². The third-order valence-electron chi connectivity index (χ3n) is 7.05. The van der Waals surface area contributed by atoms with Crippen LogP contribution in [0, 0.1) is 0 Å². The summed E-state index contributed by atoms with van der Waals surface area (Å²) < 4.78 is 0. The molecule has 2 aliphatic rings. The minimum atomic E-state index is 0.313. The lowest BCUT2D eigenvalue weighted by atomic mass is 9.90. The average Bonchev–Trinajstić information content (AvgIpc) is 3.54. The van der Waals surface area contributed by atoms with Gasteiger partial charge in [0.25, 0.3) is 0 Å². The quantitative estimate of drug-likeness (QED) is 0.370. The van der Waals surface area contributed by atoms with Gasteiger partial charge in [-0.15, -0.1) is 0 Å². The Bertz CT molecular complexity index is 1330. The van der Waals surface area contributed by atoms with Gasteiger partial charge >= 0.3 is 0 Å². The number of hydrogen-bond acceptors (Lipinski definition) is 6. The summed E-state index contributed by atoms with van der Waals surface area (Å²) in [5.41, 5.74) is 6.05. The standard InChI is InChI=1S/C27H31N7/c1-2-9-22-20(8-1)21-11-14-28-23(26(21)33-22)18-34(17-5-13-30-27-31-15-16-32-27)24-10-3-6-19-7-4-12-29-25(19)24/h1-2,4,7-9,11-12,14,24,33H,3,5-6,10,13,15-18H2,(H2,30,31,32). The molecule has 0 radical (unpaired) electrons. The SMILES string of the molecule is c1cnc2c(c1)CCCC2N(CCCNC1=NCCN1)Cc1nccc2c1[nH]c1ccccc12. The Morgan fingerprint density at radius 1 is 1.03 bits per heavy atom. The summed E-state index contributed by atoms with van der Waals surface area (Å²) in [6.45, 7) is 4.45. The van der Waals surface area contributed by atoms with Gasteiger partial charge in [0.05, 0.1) is 29.5 Å². The Morgan fingerprint density at radius 3 is 2.94 bits per heavy atom. The van der Waals surface area contributed by atoms with Crippen molar-refractivity contribution in [2.75, 3.05) is 26.2 Å². The summed E-state index contributed by atoms with van der Waals surface area (Å²) in [5.74, 6) is 0.931. The van der Waals surface area contributed by atoms with E-state index in [9.17, 15) is 0 Å². The van der Waals surface area contributed by atoms with E-state index in [4.69, 9.17) is 9.97 Å². The van der Waals surface area contributed by atoms with E-state index in [1.165, 1.54) is 28.5 Å². The molecule has 174 valence electrons. The van der Waals surface area contributed by atoms with Crippen LogP contribution in [0.15, 0.2) is 59.9 Å². The summed E-state index contributed by atoms with van der Waals surface area (Å²) in [5, 5.41) is 9.24. The number of aromatic nitrogens is 3. The predicted octanol–water partition coefficient (Wildman–Crippen LogP) is 3.93. The number of aryl methyl sites for hydroxylation is 1. The van der Waals surface area contributed by atoms with Crippen LogP contribution in [-0.4, -0.2) is 52.0 Å². The van der Waals surface area contributed by atoms with E-state index in [2.05, 4.69) is 68.0 Å². The van der Waals surface area contributed by atoms with Crippen LogP contribution in [0.3, 0.4) is 0 Å². The smallest absolute Gasteiger partial charge is 0.191 e. The first-order valence-electron chi connectivity index (χ1n) is 12.4. The largest absolute Gasteiger partial charge is 0.356 e. The highest BCUT2D eigenvalue weighted by molar-refractivity contribution is 6.07. The predicted molar refractivity (Wildman–Crippen MR) is 137 cm³/mol. The second-order valence-corrected chi connectivity index (χ2v) is 9.21. The Kier molecular flexibility index (Phi) is 5.85. The highest BCUT2D eigenvalue weighted by Crippen LogP contribution is 2.35. The van der Waals surface area contributed by atoms with Gasteiger partial charge in [0.2, 0.25) is 0 Å². The number of benzene rings is 1. The van der Waals surface area contributed by atoms with E-state index >= 15 is 0 Å². The molecule has 4 aromatic rings. The van der Waals surface area contributed by atoms with Gasteiger partial charge in [0.1, 0.15) is 0 Å². The van der Waals surface area contributed by atoms with Crippen LogP contribution < -0.4 is 10.6 Å². The lowest BCUT2D eigenvalue weighted by Gasteiger charge is -2.35. The molecule has 0 saturated carbocycles. The Balaban J connectivity index is 1.29. The van der Waals surface area contributed by atoms with Gasteiger partial charge in [-0.3, -0.25) is 19.9 Å². The maximum absolute atomic E-state index is 4.85. The first kappa shape index (κ1) is 21.1. The van der Waals surface area contributed by atoms with Crippen LogP contribution in [0.4, 0.5) is 0 Å². The van der Waals surface area contributed by atoms with Crippen molar-refractivity contribution in [1.82, 2.24) is 30.5 Å². The number of fused-ring (bicyclic) bond motifs is 4. The van der Waals surface area contributed by atoms with E-state index in [0.717, 1.165) is 74.7 Å². The Labute approximate surface area is 199 Å². The number of para-hydroxylation sites is 1. The van der Waals surface area contributed by atoms with Crippen LogP contribution in [0.25, 0.3) is 21.8 Å². The van der Waals surface area contributed by atoms with E-state index in [1.807, 2.05) is 12.4 Å². The van der Waals surface area contributed by atoms with Crippen LogP contribution in [0.5, 0.6) is 0 Å². The molecule has 7 heteroatoms. The molecule has 34 heavy (non-hydrogen) atoms. The molecule has 0 spiro atoms. The van der Waals surface area contributed by atoms with Crippen molar-refractivity contribution < 1.29 is 0 Å².